The summed E-state index contributed by atoms with van der Waals surface area (Å²) in [7, 11) is 0. The number of carboxylic acids is 1. The van der Waals surface area contributed by atoms with Gasteiger partial charge in [-0.3, -0.25) is 4.79 Å². The number of fused-ring (bicyclic) bond motifs is 1. The first-order valence-electron chi connectivity index (χ1n) is 6.54. The topological polar surface area (TPSA) is 37.3 Å². The van der Waals surface area contributed by atoms with E-state index in [1.54, 1.807) is 0 Å². The third-order valence-corrected chi connectivity index (χ3v) is 3.62. The standard InChI is InChI=1S/C15H20O2/c1-2-3-4-5-11-6-7-12-9-14(15(16)17)10-13(12)8-11/h6-8,14H,2-5,9-10H2,1H3,(H,16,17). The molecule has 0 aliphatic heterocycles. The van der Waals surface area contributed by atoms with Crippen LogP contribution in [-0.4, -0.2) is 11.1 Å². The van der Waals surface area contributed by atoms with Crippen LogP contribution in [0.4, 0.5) is 0 Å². The van der Waals surface area contributed by atoms with Crippen LogP contribution in [0.1, 0.15) is 42.9 Å². The Hall–Kier alpha value is -1.31. The van der Waals surface area contributed by atoms with Gasteiger partial charge >= 0.3 is 5.97 Å². The van der Waals surface area contributed by atoms with Gasteiger partial charge in [0.25, 0.3) is 0 Å². The van der Waals surface area contributed by atoms with E-state index in [0.717, 1.165) is 6.42 Å². The van der Waals surface area contributed by atoms with Crippen molar-refractivity contribution in [1.29, 1.82) is 0 Å². The van der Waals surface area contributed by atoms with Gasteiger partial charge in [-0.05, 0) is 42.4 Å². The summed E-state index contributed by atoms with van der Waals surface area (Å²) in [6.07, 6.45) is 6.30. The maximum Gasteiger partial charge on any atom is 0.307 e. The second-order valence-electron chi connectivity index (χ2n) is 5.00. The highest BCUT2D eigenvalue weighted by Gasteiger charge is 2.26. The lowest BCUT2D eigenvalue weighted by molar-refractivity contribution is -0.141. The summed E-state index contributed by atoms with van der Waals surface area (Å²) >= 11 is 0. The first-order chi connectivity index (χ1) is 8.20. The molecule has 17 heavy (non-hydrogen) atoms. The molecule has 0 heterocycles. The number of hydrogen-bond acceptors (Lipinski definition) is 1. The summed E-state index contributed by atoms with van der Waals surface area (Å²) in [6.45, 7) is 2.21. The van der Waals surface area contributed by atoms with Gasteiger partial charge in [-0.1, -0.05) is 38.0 Å². The number of aliphatic carboxylic acids is 1. The quantitative estimate of drug-likeness (QED) is 0.791. The Labute approximate surface area is 103 Å². The van der Waals surface area contributed by atoms with E-state index in [1.165, 1.54) is 36.0 Å². The summed E-state index contributed by atoms with van der Waals surface area (Å²) in [5.41, 5.74) is 3.85. The average molecular weight is 232 g/mol. The minimum atomic E-state index is -0.659. The molecule has 0 bridgehead atoms. The minimum Gasteiger partial charge on any atom is -0.481 e. The Morgan fingerprint density at radius 3 is 2.76 bits per heavy atom. The van der Waals surface area contributed by atoms with Gasteiger partial charge < -0.3 is 5.11 Å². The van der Waals surface area contributed by atoms with Gasteiger partial charge in [0.15, 0.2) is 0 Å². The van der Waals surface area contributed by atoms with Crippen molar-refractivity contribution in [2.45, 2.75) is 45.4 Å². The molecule has 1 N–H and O–H groups in total. The fourth-order valence-electron chi connectivity index (χ4n) is 2.58. The molecule has 0 amide bonds. The number of carboxylic acid groups (broad SMARTS) is 1. The molecule has 0 saturated heterocycles. The van der Waals surface area contributed by atoms with Crippen LogP contribution in [0.2, 0.25) is 0 Å². The van der Waals surface area contributed by atoms with Crippen LogP contribution in [0.15, 0.2) is 18.2 Å². The molecule has 2 rings (SSSR count). The van der Waals surface area contributed by atoms with Crippen molar-refractivity contribution in [2.75, 3.05) is 0 Å². The number of aryl methyl sites for hydroxylation is 1. The number of benzene rings is 1. The van der Waals surface area contributed by atoms with Crippen LogP contribution in [-0.2, 0) is 24.1 Å². The highest BCUT2D eigenvalue weighted by atomic mass is 16.4. The van der Waals surface area contributed by atoms with Crippen LogP contribution >= 0.6 is 0 Å². The van der Waals surface area contributed by atoms with E-state index in [2.05, 4.69) is 25.1 Å². The van der Waals surface area contributed by atoms with E-state index in [0.29, 0.717) is 12.8 Å². The zero-order valence-electron chi connectivity index (χ0n) is 10.4. The summed E-state index contributed by atoms with van der Waals surface area (Å²) in [5, 5.41) is 9.03. The van der Waals surface area contributed by atoms with Crippen molar-refractivity contribution in [2.24, 2.45) is 5.92 Å². The Bertz CT molecular complexity index is 409. The van der Waals surface area contributed by atoms with Crippen LogP contribution in [0, 0.1) is 5.92 Å². The highest BCUT2D eigenvalue weighted by Crippen LogP contribution is 2.28. The highest BCUT2D eigenvalue weighted by molar-refractivity contribution is 5.72. The Kier molecular flexibility index (Phi) is 3.82. The third kappa shape index (κ3) is 2.87. The van der Waals surface area contributed by atoms with Crippen LogP contribution < -0.4 is 0 Å². The lowest BCUT2D eigenvalue weighted by Gasteiger charge is -2.04. The normalized spacial score (nSPS) is 18.1. The molecule has 0 fully saturated rings. The molecule has 1 aliphatic rings. The molecule has 0 spiro atoms. The van der Waals surface area contributed by atoms with E-state index < -0.39 is 5.97 Å². The zero-order valence-corrected chi connectivity index (χ0v) is 10.4. The molecule has 0 aromatic heterocycles. The van der Waals surface area contributed by atoms with Crippen LogP contribution in [0.5, 0.6) is 0 Å². The van der Waals surface area contributed by atoms with Crippen LogP contribution in [0.25, 0.3) is 0 Å². The summed E-state index contributed by atoms with van der Waals surface area (Å²) < 4.78 is 0. The number of rotatable bonds is 5. The van der Waals surface area contributed by atoms with Gasteiger partial charge in [-0.2, -0.15) is 0 Å². The molecule has 0 radical (unpaired) electrons. The van der Waals surface area contributed by atoms with E-state index in [-0.39, 0.29) is 5.92 Å². The number of carbonyl (C=O) groups is 1. The molecule has 1 atom stereocenters. The van der Waals surface area contributed by atoms with E-state index in [4.69, 9.17) is 5.11 Å². The molecule has 1 unspecified atom stereocenters. The second-order valence-corrected chi connectivity index (χ2v) is 5.00. The lowest BCUT2D eigenvalue weighted by Crippen LogP contribution is -2.12. The monoisotopic (exact) mass is 232 g/mol. The molecule has 2 nitrogen and oxygen atoms in total. The molecule has 1 aliphatic carbocycles. The predicted octanol–water partition coefficient (Wildman–Crippen LogP) is 3.22. The van der Waals surface area contributed by atoms with Gasteiger partial charge in [0.05, 0.1) is 5.92 Å². The van der Waals surface area contributed by atoms with E-state index in [9.17, 15) is 4.79 Å². The molecular weight excluding hydrogens is 212 g/mol. The third-order valence-electron chi connectivity index (χ3n) is 3.62. The zero-order chi connectivity index (χ0) is 12.3. The van der Waals surface area contributed by atoms with Gasteiger partial charge in [0.1, 0.15) is 0 Å². The van der Waals surface area contributed by atoms with Crippen molar-refractivity contribution >= 4 is 5.97 Å². The van der Waals surface area contributed by atoms with Gasteiger partial charge in [0.2, 0.25) is 0 Å². The van der Waals surface area contributed by atoms with Crippen LogP contribution in [0.3, 0.4) is 0 Å². The first kappa shape index (κ1) is 12.2. The van der Waals surface area contributed by atoms with Gasteiger partial charge in [0, 0.05) is 0 Å². The Morgan fingerprint density at radius 2 is 2.06 bits per heavy atom. The minimum absolute atomic E-state index is 0.198. The lowest BCUT2D eigenvalue weighted by atomic mass is 10.0. The average Bonchev–Trinajstić information content (AvgIpc) is 2.72. The van der Waals surface area contributed by atoms with Gasteiger partial charge in [-0.15, -0.1) is 0 Å². The maximum atomic E-state index is 11.0. The predicted molar refractivity (Wildman–Crippen MR) is 68.2 cm³/mol. The smallest absolute Gasteiger partial charge is 0.307 e. The summed E-state index contributed by atoms with van der Waals surface area (Å²) in [4.78, 5) is 11.0. The Balaban J connectivity index is 2.02. The SMILES string of the molecule is CCCCCc1ccc2c(c1)CC(C(=O)O)C2. The van der Waals surface area contributed by atoms with Crippen molar-refractivity contribution in [3.05, 3.63) is 34.9 Å². The number of hydrogen-bond donors (Lipinski definition) is 1. The van der Waals surface area contributed by atoms with E-state index in [1.807, 2.05) is 0 Å². The molecule has 1 aromatic rings. The van der Waals surface area contributed by atoms with Crippen molar-refractivity contribution in [3.8, 4) is 0 Å². The van der Waals surface area contributed by atoms with Gasteiger partial charge in [-0.25, -0.2) is 0 Å². The summed E-state index contributed by atoms with van der Waals surface area (Å²) in [6, 6.07) is 6.51. The number of unbranched alkanes of at least 4 members (excludes halogenated alkanes) is 2. The fraction of sp³-hybridized carbons (Fsp3) is 0.533. The second kappa shape index (κ2) is 5.35. The molecule has 1 aromatic carbocycles. The maximum absolute atomic E-state index is 11.0. The molecule has 92 valence electrons. The molecule has 0 saturated carbocycles. The largest absolute Gasteiger partial charge is 0.481 e. The van der Waals surface area contributed by atoms with E-state index >= 15 is 0 Å². The van der Waals surface area contributed by atoms with Crippen molar-refractivity contribution in [3.63, 3.8) is 0 Å². The summed E-state index contributed by atoms with van der Waals surface area (Å²) in [5.74, 6) is -0.857. The van der Waals surface area contributed by atoms with Crippen molar-refractivity contribution in [1.82, 2.24) is 0 Å². The Morgan fingerprint density at radius 1 is 1.29 bits per heavy atom. The van der Waals surface area contributed by atoms with Crippen molar-refractivity contribution < 1.29 is 9.90 Å². The molecule has 2 heteroatoms. The fourth-order valence-corrected chi connectivity index (χ4v) is 2.58. The molecular formula is C15H20O2. The first-order valence-corrected chi connectivity index (χ1v) is 6.54.